The Kier molecular flexibility index (Phi) is 8.43. The van der Waals surface area contributed by atoms with Gasteiger partial charge in [0.05, 0.1) is 6.07 Å². The summed E-state index contributed by atoms with van der Waals surface area (Å²) in [5.74, 6) is 0.0804. The Morgan fingerprint density at radius 2 is 1.89 bits per heavy atom. The third-order valence-corrected chi connectivity index (χ3v) is 6.85. The number of likely N-dealkylation sites (tertiary alicyclic amines) is 1. The van der Waals surface area contributed by atoms with Crippen molar-refractivity contribution in [3.8, 4) is 6.07 Å². The number of anilines is 1. The lowest BCUT2D eigenvalue weighted by atomic mass is 9.81. The SMILES string of the molecule is CCOC1(C(F)(F)F)CN(C2CCC(CC#N)CC2)C1.Cn1cc(C(N)=O)c(NC(=O)C2CC2)n1. The molecular weight excluding hydrogens is 465 g/mol. The highest BCUT2D eigenvalue weighted by Crippen LogP contribution is 2.44. The molecule has 12 heteroatoms. The third-order valence-electron chi connectivity index (χ3n) is 6.85. The van der Waals surface area contributed by atoms with Gasteiger partial charge in [0.1, 0.15) is 5.56 Å². The lowest BCUT2D eigenvalue weighted by Crippen LogP contribution is -2.72. The van der Waals surface area contributed by atoms with Crippen molar-refractivity contribution in [2.24, 2.45) is 24.6 Å². The van der Waals surface area contributed by atoms with Crippen molar-refractivity contribution < 1.29 is 27.5 Å². The second-order valence-electron chi connectivity index (χ2n) is 9.56. The van der Waals surface area contributed by atoms with Crippen LogP contribution in [0.4, 0.5) is 19.0 Å². The van der Waals surface area contributed by atoms with Crippen molar-refractivity contribution in [2.45, 2.75) is 69.7 Å². The van der Waals surface area contributed by atoms with Crippen LogP contribution in [0.5, 0.6) is 0 Å². The summed E-state index contributed by atoms with van der Waals surface area (Å²) >= 11 is 0. The first-order valence-electron chi connectivity index (χ1n) is 12.0. The molecule has 2 saturated carbocycles. The number of primary amides is 1. The number of nitrogens with one attached hydrogen (secondary N) is 1. The molecule has 3 N–H and O–H groups in total. The highest BCUT2D eigenvalue weighted by molar-refractivity contribution is 6.02. The molecule has 0 aromatic carbocycles. The van der Waals surface area contributed by atoms with Crippen molar-refractivity contribution in [2.75, 3.05) is 25.0 Å². The normalized spacial score (nSPS) is 23.9. The number of hydrogen-bond acceptors (Lipinski definition) is 6. The molecule has 9 nitrogen and oxygen atoms in total. The molecule has 1 aliphatic heterocycles. The average molecular weight is 499 g/mol. The molecule has 4 rings (SSSR count). The Labute approximate surface area is 202 Å². The minimum absolute atomic E-state index is 0.0437. The lowest BCUT2D eigenvalue weighted by molar-refractivity contribution is -0.322. The molecule has 2 aliphatic carbocycles. The quantitative estimate of drug-likeness (QED) is 0.595. The summed E-state index contributed by atoms with van der Waals surface area (Å²) < 4.78 is 45.6. The zero-order chi connectivity index (χ0) is 25.8. The van der Waals surface area contributed by atoms with Gasteiger partial charge in [0.25, 0.3) is 5.91 Å². The highest BCUT2D eigenvalue weighted by atomic mass is 19.4. The topological polar surface area (TPSA) is 126 Å². The van der Waals surface area contributed by atoms with E-state index < -0.39 is 17.7 Å². The fourth-order valence-corrected chi connectivity index (χ4v) is 4.67. The molecular formula is C23H33F3N6O3. The number of carbonyl (C=O) groups excluding carboxylic acids is 2. The van der Waals surface area contributed by atoms with E-state index in [4.69, 9.17) is 15.7 Å². The molecule has 3 aliphatic rings. The van der Waals surface area contributed by atoms with Crippen LogP contribution in [-0.2, 0) is 16.6 Å². The fourth-order valence-electron chi connectivity index (χ4n) is 4.67. The van der Waals surface area contributed by atoms with Crippen LogP contribution in [0.3, 0.4) is 0 Å². The number of aromatic nitrogens is 2. The Hall–Kier alpha value is -2.65. The number of carbonyl (C=O) groups is 2. The van der Waals surface area contributed by atoms with Gasteiger partial charge in [-0.05, 0) is 51.4 Å². The van der Waals surface area contributed by atoms with Crippen LogP contribution >= 0.6 is 0 Å². The molecule has 2 heterocycles. The van der Waals surface area contributed by atoms with E-state index in [-0.39, 0.29) is 48.9 Å². The van der Waals surface area contributed by atoms with Crippen LogP contribution in [-0.4, -0.2) is 64.0 Å². The van der Waals surface area contributed by atoms with Crippen LogP contribution in [0.1, 0.15) is 62.2 Å². The summed E-state index contributed by atoms with van der Waals surface area (Å²) in [6.07, 6.45) is 3.26. The summed E-state index contributed by atoms with van der Waals surface area (Å²) in [5.41, 5.74) is 3.44. The molecule has 0 unspecified atom stereocenters. The molecule has 1 aromatic rings. The summed E-state index contributed by atoms with van der Waals surface area (Å²) in [4.78, 5) is 24.4. The van der Waals surface area contributed by atoms with Crippen LogP contribution < -0.4 is 11.1 Å². The van der Waals surface area contributed by atoms with Gasteiger partial charge in [0.15, 0.2) is 11.4 Å². The van der Waals surface area contributed by atoms with Gasteiger partial charge in [-0.15, -0.1) is 0 Å². The van der Waals surface area contributed by atoms with Gasteiger partial charge in [-0.3, -0.25) is 19.2 Å². The maximum absolute atomic E-state index is 13.1. The van der Waals surface area contributed by atoms with Crippen LogP contribution in [0.25, 0.3) is 0 Å². The van der Waals surface area contributed by atoms with E-state index in [0.29, 0.717) is 12.3 Å². The number of ether oxygens (including phenoxy) is 1. The van der Waals surface area contributed by atoms with Crippen molar-refractivity contribution in [1.82, 2.24) is 14.7 Å². The number of rotatable bonds is 7. The Bertz CT molecular complexity index is 939. The van der Waals surface area contributed by atoms with E-state index in [0.717, 1.165) is 38.5 Å². The van der Waals surface area contributed by atoms with E-state index >= 15 is 0 Å². The number of alkyl halides is 3. The standard InChI is InChI=1S/C14H21F3N2O.C9H12N4O2/c1-2-20-13(14(15,16)17)9-19(10-13)12-5-3-11(4-6-12)7-8-18;1-13-4-6(7(10)14)8(12-13)11-9(15)5-2-3-5/h11-12H,2-7,9-10H2,1H3;4-5H,2-3H2,1H3,(H2,10,14)(H,11,12,15). The van der Waals surface area contributed by atoms with E-state index in [2.05, 4.69) is 16.5 Å². The molecule has 0 atom stereocenters. The number of hydrogen-bond donors (Lipinski definition) is 2. The molecule has 2 amide bonds. The van der Waals surface area contributed by atoms with Crippen molar-refractivity contribution in [1.29, 1.82) is 5.26 Å². The van der Waals surface area contributed by atoms with Gasteiger partial charge in [-0.1, -0.05) is 0 Å². The lowest BCUT2D eigenvalue weighted by Gasteiger charge is -2.54. The second kappa shape index (κ2) is 11.0. The zero-order valence-corrected chi connectivity index (χ0v) is 20.1. The second-order valence-corrected chi connectivity index (χ2v) is 9.56. The van der Waals surface area contributed by atoms with Crippen molar-refractivity contribution in [3.05, 3.63) is 11.8 Å². The van der Waals surface area contributed by atoms with Gasteiger partial charge in [-0.25, -0.2) is 0 Å². The van der Waals surface area contributed by atoms with Gasteiger partial charge in [0, 0.05) is 51.3 Å². The Morgan fingerprint density at radius 3 is 2.37 bits per heavy atom. The van der Waals surface area contributed by atoms with E-state index in [1.54, 1.807) is 14.0 Å². The number of nitrogens with two attached hydrogens (primary N) is 1. The summed E-state index contributed by atoms with van der Waals surface area (Å²) in [7, 11) is 1.67. The van der Waals surface area contributed by atoms with Gasteiger partial charge < -0.3 is 15.8 Å². The number of aryl methyl sites for hydroxylation is 1. The van der Waals surface area contributed by atoms with Crippen LogP contribution in [0.15, 0.2) is 6.20 Å². The van der Waals surface area contributed by atoms with Gasteiger partial charge in [-0.2, -0.15) is 23.5 Å². The third kappa shape index (κ3) is 6.52. The number of nitrogens with zero attached hydrogens (tertiary/aromatic N) is 4. The van der Waals surface area contributed by atoms with Crippen molar-refractivity contribution >= 4 is 17.6 Å². The largest absolute Gasteiger partial charge is 0.419 e. The minimum Gasteiger partial charge on any atom is -0.365 e. The van der Waals surface area contributed by atoms with Crippen LogP contribution in [0, 0.1) is 23.2 Å². The van der Waals surface area contributed by atoms with E-state index in [9.17, 15) is 22.8 Å². The van der Waals surface area contributed by atoms with Crippen LogP contribution in [0.2, 0.25) is 0 Å². The number of halogens is 3. The first-order valence-corrected chi connectivity index (χ1v) is 12.0. The summed E-state index contributed by atoms with van der Waals surface area (Å²) in [6.45, 7) is 1.60. The van der Waals surface area contributed by atoms with Gasteiger partial charge >= 0.3 is 6.18 Å². The summed E-state index contributed by atoms with van der Waals surface area (Å²) in [6, 6.07) is 2.40. The van der Waals surface area contributed by atoms with E-state index in [1.807, 2.05) is 4.90 Å². The minimum atomic E-state index is -4.29. The Morgan fingerprint density at radius 1 is 1.26 bits per heavy atom. The highest BCUT2D eigenvalue weighted by Gasteiger charge is 2.63. The molecule has 1 saturated heterocycles. The predicted molar refractivity (Wildman–Crippen MR) is 121 cm³/mol. The van der Waals surface area contributed by atoms with Crippen molar-refractivity contribution in [3.63, 3.8) is 0 Å². The first kappa shape index (κ1) is 26.9. The fraction of sp³-hybridized carbons (Fsp3) is 0.739. The summed E-state index contributed by atoms with van der Waals surface area (Å²) in [5, 5.41) is 15.2. The number of nitriles is 1. The molecule has 3 fully saturated rings. The maximum Gasteiger partial charge on any atom is 0.419 e. The molecule has 1 aromatic heterocycles. The van der Waals surface area contributed by atoms with E-state index in [1.165, 1.54) is 10.9 Å². The smallest absolute Gasteiger partial charge is 0.365 e. The maximum atomic E-state index is 13.1. The first-order chi connectivity index (χ1) is 16.5. The zero-order valence-electron chi connectivity index (χ0n) is 20.1. The molecule has 0 spiro atoms. The molecule has 0 radical (unpaired) electrons. The molecule has 0 bridgehead atoms. The monoisotopic (exact) mass is 498 g/mol. The molecule has 194 valence electrons. The van der Waals surface area contributed by atoms with Gasteiger partial charge in [0.2, 0.25) is 5.91 Å². The Balaban J connectivity index is 0.000000203. The average Bonchev–Trinajstić information content (AvgIpc) is 3.54. The molecule has 35 heavy (non-hydrogen) atoms. The predicted octanol–water partition coefficient (Wildman–Crippen LogP) is 2.98. The number of amides is 2.